The zero-order valence-corrected chi connectivity index (χ0v) is 18.2. The van der Waals surface area contributed by atoms with Crippen LogP contribution in [-0.4, -0.2) is 38.3 Å². The molecule has 0 spiro atoms. The first-order valence-corrected chi connectivity index (χ1v) is 11.6. The van der Waals surface area contributed by atoms with Gasteiger partial charge in [-0.2, -0.15) is 4.31 Å². The summed E-state index contributed by atoms with van der Waals surface area (Å²) < 4.78 is 32.8. The summed E-state index contributed by atoms with van der Waals surface area (Å²) in [7, 11) is -1.92. The van der Waals surface area contributed by atoms with Crippen molar-refractivity contribution in [1.82, 2.24) is 4.31 Å². The Morgan fingerprint density at radius 2 is 1.83 bits per heavy atom. The van der Waals surface area contributed by atoms with E-state index in [0.717, 1.165) is 37.0 Å². The molecule has 0 radical (unpaired) electrons. The molecule has 1 amide bonds. The van der Waals surface area contributed by atoms with Crippen LogP contribution in [0.25, 0.3) is 6.08 Å². The van der Waals surface area contributed by atoms with E-state index in [4.69, 9.17) is 4.74 Å². The van der Waals surface area contributed by atoms with Gasteiger partial charge in [-0.1, -0.05) is 25.5 Å². The number of piperidine rings is 1. The highest BCUT2D eigenvalue weighted by Crippen LogP contribution is 2.27. The first kappa shape index (κ1) is 22.1. The van der Waals surface area contributed by atoms with E-state index in [9.17, 15) is 13.2 Å². The second-order valence-corrected chi connectivity index (χ2v) is 9.18. The average molecular weight is 429 g/mol. The maximum absolute atomic E-state index is 13.0. The Kier molecular flexibility index (Phi) is 7.29. The van der Waals surface area contributed by atoms with Gasteiger partial charge in [0.05, 0.1) is 12.0 Å². The number of anilines is 1. The average Bonchev–Trinajstić information content (AvgIpc) is 2.78. The van der Waals surface area contributed by atoms with Gasteiger partial charge in [0.15, 0.2) is 0 Å². The normalized spacial score (nSPS) is 17.7. The lowest BCUT2D eigenvalue weighted by Crippen LogP contribution is -2.43. The Balaban J connectivity index is 1.64. The van der Waals surface area contributed by atoms with Crippen LogP contribution in [-0.2, 0) is 14.8 Å². The molecule has 1 saturated heterocycles. The molecule has 1 N–H and O–H groups in total. The summed E-state index contributed by atoms with van der Waals surface area (Å²) in [6, 6.07) is 13.8. The van der Waals surface area contributed by atoms with E-state index >= 15 is 0 Å². The smallest absolute Gasteiger partial charge is 0.248 e. The van der Waals surface area contributed by atoms with Gasteiger partial charge >= 0.3 is 0 Å². The number of rotatable bonds is 7. The number of methoxy groups -OCH3 is 1. The fourth-order valence-corrected chi connectivity index (χ4v) is 5.38. The van der Waals surface area contributed by atoms with E-state index in [1.54, 1.807) is 41.8 Å². The molecule has 6 nitrogen and oxygen atoms in total. The minimum Gasteiger partial charge on any atom is -0.497 e. The third-order valence-electron chi connectivity index (χ3n) is 5.32. The molecule has 0 aromatic heterocycles. The first-order chi connectivity index (χ1) is 14.4. The molecule has 1 unspecified atom stereocenters. The van der Waals surface area contributed by atoms with Crippen molar-refractivity contribution in [2.24, 2.45) is 0 Å². The van der Waals surface area contributed by atoms with Crippen molar-refractivity contribution in [2.45, 2.75) is 43.5 Å². The van der Waals surface area contributed by atoms with Crippen molar-refractivity contribution in [1.29, 1.82) is 0 Å². The van der Waals surface area contributed by atoms with Crippen LogP contribution in [0.5, 0.6) is 5.75 Å². The van der Waals surface area contributed by atoms with Gasteiger partial charge in [-0.3, -0.25) is 4.79 Å². The van der Waals surface area contributed by atoms with Gasteiger partial charge in [0.2, 0.25) is 15.9 Å². The van der Waals surface area contributed by atoms with Crippen LogP contribution in [0.4, 0.5) is 5.69 Å². The fraction of sp³-hybridized carbons (Fsp3) is 0.348. The zero-order valence-electron chi connectivity index (χ0n) is 17.4. The Labute approximate surface area is 178 Å². The molecular formula is C23H28N2O4S. The number of nitrogens with zero attached hydrogens (tertiary/aromatic N) is 1. The summed E-state index contributed by atoms with van der Waals surface area (Å²) >= 11 is 0. The Morgan fingerprint density at radius 3 is 2.47 bits per heavy atom. The topological polar surface area (TPSA) is 75.7 Å². The number of carbonyl (C=O) groups excluding carboxylic acids is 1. The number of amides is 1. The van der Waals surface area contributed by atoms with Gasteiger partial charge in [0, 0.05) is 24.4 Å². The summed E-state index contributed by atoms with van der Waals surface area (Å²) in [4.78, 5) is 12.4. The SMILES string of the molecule is CCC1CCCCN1S(=O)(=O)c1ccc(NC(=O)C=Cc2ccc(OC)cc2)cc1. The highest BCUT2D eigenvalue weighted by atomic mass is 32.2. The molecule has 0 bridgehead atoms. The quantitative estimate of drug-likeness (QED) is 0.667. The summed E-state index contributed by atoms with van der Waals surface area (Å²) in [6.45, 7) is 2.59. The van der Waals surface area contributed by atoms with Gasteiger partial charge in [-0.25, -0.2) is 8.42 Å². The van der Waals surface area contributed by atoms with E-state index in [2.05, 4.69) is 5.32 Å². The van der Waals surface area contributed by atoms with Crippen LogP contribution >= 0.6 is 0 Å². The summed E-state index contributed by atoms with van der Waals surface area (Å²) in [6.07, 6.45) is 6.82. The molecule has 7 heteroatoms. The van der Waals surface area contributed by atoms with Crippen molar-refractivity contribution in [3.63, 3.8) is 0 Å². The maximum atomic E-state index is 13.0. The second kappa shape index (κ2) is 9.91. The summed E-state index contributed by atoms with van der Waals surface area (Å²) in [5.74, 6) is 0.463. The maximum Gasteiger partial charge on any atom is 0.248 e. The lowest BCUT2D eigenvalue weighted by Gasteiger charge is -2.34. The number of ether oxygens (including phenoxy) is 1. The van der Waals surface area contributed by atoms with E-state index in [1.807, 2.05) is 31.2 Å². The summed E-state index contributed by atoms with van der Waals surface area (Å²) in [5, 5.41) is 2.75. The lowest BCUT2D eigenvalue weighted by molar-refractivity contribution is -0.111. The summed E-state index contributed by atoms with van der Waals surface area (Å²) in [5.41, 5.74) is 1.42. The Bertz CT molecular complexity index is 983. The molecule has 2 aromatic carbocycles. The molecule has 1 aliphatic heterocycles. The van der Waals surface area contributed by atoms with Gasteiger partial charge in [0.1, 0.15) is 5.75 Å². The number of nitrogens with one attached hydrogen (secondary N) is 1. The third kappa shape index (κ3) is 5.29. The van der Waals surface area contributed by atoms with E-state index in [1.165, 1.54) is 6.08 Å². The molecule has 1 aliphatic rings. The molecule has 1 atom stereocenters. The monoisotopic (exact) mass is 428 g/mol. The van der Waals surface area contributed by atoms with Crippen molar-refractivity contribution in [2.75, 3.05) is 19.0 Å². The predicted octanol–water partition coefficient (Wildman–Crippen LogP) is 4.30. The predicted molar refractivity (Wildman–Crippen MR) is 119 cm³/mol. The molecular weight excluding hydrogens is 400 g/mol. The van der Waals surface area contributed by atoms with Gasteiger partial charge in [-0.15, -0.1) is 0 Å². The minimum atomic E-state index is -3.52. The number of sulfonamides is 1. The fourth-order valence-electron chi connectivity index (χ4n) is 3.61. The molecule has 160 valence electrons. The van der Waals surface area contributed by atoms with Crippen LogP contribution in [0.3, 0.4) is 0 Å². The van der Waals surface area contributed by atoms with Crippen LogP contribution in [0.1, 0.15) is 38.2 Å². The van der Waals surface area contributed by atoms with Gasteiger partial charge < -0.3 is 10.1 Å². The van der Waals surface area contributed by atoms with Gasteiger partial charge in [0.25, 0.3) is 0 Å². The molecule has 2 aromatic rings. The zero-order chi connectivity index (χ0) is 21.6. The van der Waals surface area contributed by atoms with E-state index in [0.29, 0.717) is 12.2 Å². The number of carbonyl (C=O) groups is 1. The standard InChI is InChI=1S/C23H28N2O4S/c1-3-20-6-4-5-17-25(20)30(27,28)22-14-10-19(11-15-22)24-23(26)16-9-18-7-12-21(29-2)13-8-18/h7-16,20H,3-6,17H2,1-2H3,(H,24,26). The van der Waals surface area contributed by atoms with Crippen molar-refractivity contribution in [3.8, 4) is 5.75 Å². The first-order valence-electron chi connectivity index (χ1n) is 10.2. The Hall–Kier alpha value is -2.64. The largest absolute Gasteiger partial charge is 0.497 e. The number of hydrogen-bond donors (Lipinski definition) is 1. The molecule has 30 heavy (non-hydrogen) atoms. The molecule has 1 fully saturated rings. The highest BCUT2D eigenvalue weighted by molar-refractivity contribution is 7.89. The van der Waals surface area contributed by atoms with Crippen molar-refractivity contribution < 1.29 is 17.9 Å². The van der Waals surface area contributed by atoms with E-state index in [-0.39, 0.29) is 16.8 Å². The minimum absolute atomic E-state index is 0.0613. The lowest BCUT2D eigenvalue weighted by atomic mass is 10.0. The highest BCUT2D eigenvalue weighted by Gasteiger charge is 2.32. The Morgan fingerprint density at radius 1 is 1.13 bits per heavy atom. The molecule has 0 saturated carbocycles. The van der Waals surface area contributed by atoms with Crippen LogP contribution in [0, 0.1) is 0 Å². The second-order valence-electron chi connectivity index (χ2n) is 7.29. The van der Waals surface area contributed by atoms with Crippen LogP contribution < -0.4 is 10.1 Å². The molecule has 3 rings (SSSR count). The van der Waals surface area contributed by atoms with Crippen LogP contribution in [0.2, 0.25) is 0 Å². The van der Waals surface area contributed by atoms with Gasteiger partial charge in [-0.05, 0) is 67.3 Å². The van der Waals surface area contributed by atoms with Crippen LogP contribution in [0.15, 0.2) is 59.5 Å². The molecule has 0 aliphatic carbocycles. The van der Waals surface area contributed by atoms with Crippen molar-refractivity contribution in [3.05, 3.63) is 60.2 Å². The number of benzene rings is 2. The van der Waals surface area contributed by atoms with Crippen molar-refractivity contribution >= 4 is 27.7 Å². The third-order valence-corrected chi connectivity index (χ3v) is 7.28. The number of hydrogen-bond acceptors (Lipinski definition) is 4. The van der Waals surface area contributed by atoms with E-state index < -0.39 is 10.0 Å². The molecule has 1 heterocycles.